The average Bonchev–Trinajstić information content (AvgIpc) is 2.35. The van der Waals surface area contributed by atoms with E-state index in [4.69, 9.17) is 5.73 Å². The molecule has 0 fully saturated rings. The lowest BCUT2D eigenvalue weighted by Gasteiger charge is -2.33. The first-order chi connectivity index (χ1) is 8.13. The first kappa shape index (κ1) is 14.2. The van der Waals surface area contributed by atoms with Gasteiger partial charge in [0, 0.05) is 18.6 Å². The van der Waals surface area contributed by atoms with Crippen molar-refractivity contribution in [3.8, 4) is 0 Å². The van der Waals surface area contributed by atoms with Gasteiger partial charge in [0.2, 0.25) is 0 Å². The third-order valence-corrected chi connectivity index (χ3v) is 3.42. The van der Waals surface area contributed by atoms with Crippen LogP contribution in [0.15, 0.2) is 24.3 Å². The van der Waals surface area contributed by atoms with Crippen molar-refractivity contribution in [3.63, 3.8) is 0 Å². The van der Waals surface area contributed by atoms with Crippen LogP contribution in [-0.2, 0) is 6.42 Å². The number of likely N-dealkylation sites (N-methyl/N-ethyl adjacent to an activating group) is 1. The van der Waals surface area contributed by atoms with E-state index >= 15 is 0 Å². The standard InChI is InChI=1S/C15H26N2/c1-5-13-7-9-14(10-8-13)15(11-16)17(6-2)12(3)4/h7-10,12,15H,5-6,11,16H2,1-4H3. The molecule has 2 N–H and O–H groups in total. The van der Waals surface area contributed by atoms with Crippen LogP contribution in [0.2, 0.25) is 0 Å². The maximum Gasteiger partial charge on any atom is 0.0473 e. The fraction of sp³-hybridized carbons (Fsp3) is 0.600. The quantitative estimate of drug-likeness (QED) is 0.820. The van der Waals surface area contributed by atoms with Crippen LogP contribution in [0, 0.1) is 0 Å². The van der Waals surface area contributed by atoms with Gasteiger partial charge in [0.15, 0.2) is 0 Å². The summed E-state index contributed by atoms with van der Waals surface area (Å²) in [7, 11) is 0. The highest BCUT2D eigenvalue weighted by Gasteiger charge is 2.19. The smallest absolute Gasteiger partial charge is 0.0473 e. The maximum atomic E-state index is 5.95. The predicted octanol–water partition coefficient (Wildman–Crippen LogP) is 2.98. The molecule has 0 bridgehead atoms. The van der Waals surface area contributed by atoms with Gasteiger partial charge in [-0.05, 0) is 37.9 Å². The van der Waals surface area contributed by atoms with Gasteiger partial charge in [0.05, 0.1) is 0 Å². The summed E-state index contributed by atoms with van der Waals surface area (Å²) in [5, 5.41) is 0. The lowest BCUT2D eigenvalue weighted by Crippen LogP contribution is -2.38. The number of hydrogen-bond donors (Lipinski definition) is 1. The molecule has 0 radical (unpaired) electrons. The largest absolute Gasteiger partial charge is 0.329 e. The summed E-state index contributed by atoms with van der Waals surface area (Å²) in [4.78, 5) is 2.45. The first-order valence-electron chi connectivity index (χ1n) is 6.68. The number of nitrogens with two attached hydrogens (primary N) is 1. The van der Waals surface area contributed by atoms with Crippen LogP contribution in [0.25, 0.3) is 0 Å². The Morgan fingerprint density at radius 1 is 1.12 bits per heavy atom. The van der Waals surface area contributed by atoms with Gasteiger partial charge in [-0.3, -0.25) is 4.90 Å². The highest BCUT2D eigenvalue weighted by atomic mass is 15.2. The number of nitrogens with zero attached hydrogens (tertiary/aromatic N) is 1. The Bertz CT molecular complexity index is 316. The van der Waals surface area contributed by atoms with Gasteiger partial charge in [-0.25, -0.2) is 0 Å². The number of aryl methyl sites for hydroxylation is 1. The molecule has 0 spiro atoms. The van der Waals surface area contributed by atoms with Crippen molar-refractivity contribution in [2.24, 2.45) is 5.73 Å². The zero-order chi connectivity index (χ0) is 12.8. The van der Waals surface area contributed by atoms with E-state index in [0.717, 1.165) is 13.0 Å². The summed E-state index contributed by atoms with van der Waals surface area (Å²) in [6.45, 7) is 10.6. The summed E-state index contributed by atoms with van der Waals surface area (Å²) in [6, 6.07) is 9.74. The molecule has 96 valence electrons. The normalized spacial score (nSPS) is 13.4. The molecule has 0 amide bonds. The van der Waals surface area contributed by atoms with E-state index in [-0.39, 0.29) is 0 Å². The van der Waals surface area contributed by atoms with Crippen molar-refractivity contribution in [2.45, 2.75) is 46.2 Å². The molecular formula is C15H26N2. The summed E-state index contributed by atoms with van der Waals surface area (Å²) in [6.07, 6.45) is 1.09. The van der Waals surface area contributed by atoms with E-state index in [1.807, 2.05) is 0 Å². The fourth-order valence-electron chi connectivity index (χ4n) is 2.38. The van der Waals surface area contributed by atoms with Crippen LogP contribution in [0.3, 0.4) is 0 Å². The van der Waals surface area contributed by atoms with Gasteiger partial charge in [0.25, 0.3) is 0 Å². The highest BCUT2D eigenvalue weighted by molar-refractivity contribution is 5.25. The Hall–Kier alpha value is -0.860. The van der Waals surface area contributed by atoms with Crippen molar-refractivity contribution >= 4 is 0 Å². The van der Waals surface area contributed by atoms with Crippen molar-refractivity contribution in [2.75, 3.05) is 13.1 Å². The van der Waals surface area contributed by atoms with Crippen LogP contribution in [0.4, 0.5) is 0 Å². The second kappa shape index (κ2) is 6.77. The molecule has 2 heteroatoms. The number of benzene rings is 1. The second-order valence-corrected chi connectivity index (χ2v) is 4.77. The molecule has 0 saturated heterocycles. The zero-order valence-electron chi connectivity index (χ0n) is 11.6. The van der Waals surface area contributed by atoms with Gasteiger partial charge in [-0.15, -0.1) is 0 Å². The van der Waals surface area contributed by atoms with Gasteiger partial charge in [-0.1, -0.05) is 38.1 Å². The van der Waals surface area contributed by atoms with Crippen molar-refractivity contribution in [1.29, 1.82) is 0 Å². The van der Waals surface area contributed by atoms with Gasteiger partial charge < -0.3 is 5.73 Å². The maximum absolute atomic E-state index is 5.95. The summed E-state index contributed by atoms with van der Waals surface area (Å²) >= 11 is 0. The van der Waals surface area contributed by atoms with Gasteiger partial charge in [0.1, 0.15) is 0 Å². The molecule has 1 aromatic carbocycles. The Morgan fingerprint density at radius 3 is 2.06 bits per heavy atom. The second-order valence-electron chi connectivity index (χ2n) is 4.77. The molecule has 1 unspecified atom stereocenters. The van der Waals surface area contributed by atoms with Crippen molar-refractivity contribution < 1.29 is 0 Å². The Balaban J connectivity index is 2.91. The minimum absolute atomic E-state index is 0.339. The van der Waals surface area contributed by atoms with Crippen LogP contribution >= 0.6 is 0 Å². The Morgan fingerprint density at radius 2 is 1.71 bits per heavy atom. The lowest BCUT2D eigenvalue weighted by molar-refractivity contribution is 0.166. The third-order valence-electron chi connectivity index (χ3n) is 3.42. The SMILES string of the molecule is CCc1ccc(C(CN)N(CC)C(C)C)cc1. The molecule has 1 atom stereocenters. The molecule has 2 nitrogen and oxygen atoms in total. The summed E-state index contributed by atoms with van der Waals surface area (Å²) in [5.74, 6) is 0. The van der Waals surface area contributed by atoms with Gasteiger partial charge in [-0.2, -0.15) is 0 Å². The molecule has 0 aliphatic heterocycles. The molecule has 0 saturated carbocycles. The number of rotatable bonds is 6. The van der Waals surface area contributed by atoms with Crippen molar-refractivity contribution in [1.82, 2.24) is 4.90 Å². The molecule has 1 aromatic rings. The third kappa shape index (κ3) is 3.55. The van der Waals surface area contributed by atoms with E-state index < -0.39 is 0 Å². The average molecular weight is 234 g/mol. The molecule has 17 heavy (non-hydrogen) atoms. The molecular weight excluding hydrogens is 208 g/mol. The molecule has 0 heterocycles. The Labute approximate surface area is 106 Å². The minimum atomic E-state index is 0.339. The molecule has 0 aromatic heterocycles. The van der Waals surface area contributed by atoms with E-state index in [1.54, 1.807) is 0 Å². The number of hydrogen-bond acceptors (Lipinski definition) is 2. The predicted molar refractivity (Wildman–Crippen MR) is 75.1 cm³/mol. The van der Waals surface area contributed by atoms with E-state index in [2.05, 4.69) is 56.9 Å². The van der Waals surface area contributed by atoms with E-state index in [0.29, 0.717) is 18.6 Å². The lowest BCUT2D eigenvalue weighted by atomic mass is 10.0. The van der Waals surface area contributed by atoms with Crippen LogP contribution in [0.1, 0.15) is 44.9 Å². The monoisotopic (exact) mass is 234 g/mol. The highest BCUT2D eigenvalue weighted by Crippen LogP contribution is 2.22. The van der Waals surface area contributed by atoms with Crippen molar-refractivity contribution in [3.05, 3.63) is 35.4 Å². The van der Waals surface area contributed by atoms with Crippen LogP contribution in [0.5, 0.6) is 0 Å². The van der Waals surface area contributed by atoms with E-state index in [9.17, 15) is 0 Å². The summed E-state index contributed by atoms with van der Waals surface area (Å²) in [5.41, 5.74) is 8.67. The van der Waals surface area contributed by atoms with Crippen LogP contribution in [-0.4, -0.2) is 24.0 Å². The first-order valence-corrected chi connectivity index (χ1v) is 6.68. The molecule has 0 aliphatic carbocycles. The van der Waals surface area contributed by atoms with Crippen LogP contribution < -0.4 is 5.73 Å². The minimum Gasteiger partial charge on any atom is -0.329 e. The summed E-state index contributed by atoms with van der Waals surface area (Å²) < 4.78 is 0. The molecule has 0 aliphatic rings. The molecule has 1 rings (SSSR count). The topological polar surface area (TPSA) is 29.3 Å². The Kier molecular flexibility index (Phi) is 5.66. The van der Waals surface area contributed by atoms with Gasteiger partial charge >= 0.3 is 0 Å². The zero-order valence-corrected chi connectivity index (χ0v) is 11.6. The van der Waals surface area contributed by atoms with E-state index in [1.165, 1.54) is 11.1 Å². The fourth-order valence-corrected chi connectivity index (χ4v) is 2.38.